The second-order valence-electron chi connectivity index (χ2n) is 11.0. The van der Waals surface area contributed by atoms with Crippen molar-refractivity contribution in [2.24, 2.45) is 7.05 Å². The normalized spacial score (nSPS) is 21.7. The Labute approximate surface area is 226 Å². The van der Waals surface area contributed by atoms with Crippen LogP contribution in [0.3, 0.4) is 0 Å². The quantitative estimate of drug-likeness (QED) is 0.446. The molecule has 5 rings (SSSR count). The Morgan fingerprint density at radius 2 is 1.79 bits per heavy atom. The minimum atomic E-state index is -0.0447. The number of anilines is 1. The summed E-state index contributed by atoms with van der Waals surface area (Å²) in [4.78, 5) is 20.5. The Bertz CT molecular complexity index is 1350. The third kappa shape index (κ3) is 5.10. The SMILES string of the molecule is CC[C@H]1CN(C(C)c2ccc(CN3CCCC3)cc2)[C@H](CC)CN1c1cc(=O)n(C)c2cn(CC#N)nc12. The molecule has 0 aliphatic carbocycles. The Balaban J connectivity index is 1.40. The number of hydrogen-bond donors (Lipinski definition) is 0. The van der Waals surface area contributed by atoms with Crippen LogP contribution >= 0.6 is 0 Å². The number of fused-ring (bicyclic) bond motifs is 1. The van der Waals surface area contributed by atoms with E-state index in [9.17, 15) is 10.1 Å². The number of hydrogen-bond acceptors (Lipinski definition) is 6. The van der Waals surface area contributed by atoms with E-state index in [0.717, 1.165) is 49.2 Å². The van der Waals surface area contributed by atoms with Crippen LogP contribution in [0.5, 0.6) is 0 Å². The maximum absolute atomic E-state index is 12.9. The lowest BCUT2D eigenvalue weighted by Crippen LogP contribution is -2.58. The van der Waals surface area contributed by atoms with Gasteiger partial charge in [0.15, 0.2) is 0 Å². The van der Waals surface area contributed by atoms with Crippen molar-refractivity contribution in [3.05, 3.63) is 58.0 Å². The Kier molecular flexibility index (Phi) is 7.87. The van der Waals surface area contributed by atoms with E-state index in [-0.39, 0.29) is 18.1 Å². The van der Waals surface area contributed by atoms with Gasteiger partial charge in [-0.2, -0.15) is 10.4 Å². The number of aryl methyl sites for hydroxylation is 1. The molecular weight excluding hydrogens is 474 g/mol. The van der Waals surface area contributed by atoms with Gasteiger partial charge in [-0.05, 0) is 56.8 Å². The Morgan fingerprint density at radius 1 is 1.08 bits per heavy atom. The van der Waals surface area contributed by atoms with Crippen molar-refractivity contribution in [2.45, 2.75) is 77.7 Å². The zero-order chi connectivity index (χ0) is 26.8. The summed E-state index contributed by atoms with van der Waals surface area (Å²) in [6.45, 7) is 12.3. The molecule has 1 aromatic carbocycles. The summed E-state index contributed by atoms with van der Waals surface area (Å²) in [7, 11) is 1.77. The van der Waals surface area contributed by atoms with E-state index < -0.39 is 0 Å². The minimum Gasteiger partial charge on any atom is -0.364 e. The molecule has 0 radical (unpaired) electrons. The number of piperazine rings is 1. The van der Waals surface area contributed by atoms with E-state index >= 15 is 0 Å². The van der Waals surface area contributed by atoms with E-state index in [4.69, 9.17) is 5.10 Å². The molecule has 3 atom stereocenters. The maximum atomic E-state index is 12.9. The molecule has 1 unspecified atom stereocenters. The van der Waals surface area contributed by atoms with Gasteiger partial charge in [0.05, 0.1) is 23.5 Å². The fraction of sp³-hybridized carbons (Fsp3) is 0.567. The van der Waals surface area contributed by atoms with Crippen LogP contribution in [0.2, 0.25) is 0 Å². The van der Waals surface area contributed by atoms with Gasteiger partial charge in [0.25, 0.3) is 5.56 Å². The van der Waals surface area contributed by atoms with Crippen molar-refractivity contribution < 1.29 is 0 Å². The van der Waals surface area contributed by atoms with E-state index in [1.807, 2.05) is 6.20 Å². The molecule has 3 aromatic rings. The number of pyridine rings is 1. The first-order valence-electron chi connectivity index (χ1n) is 14.2. The molecule has 2 aliphatic rings. The van der Waals surface area contributed by atoms with Gasteiger partial charge in [0.2, 0.25) is 0 Å². The predicted octanol–water partition coefficient (Wildman–Crippen LogP) is 4.29. The average molecular weight is 516 g/mol. The molecule has 0 spiro atoms. The molecule has 0 bridgehead atoms. The van der Waals surface area contributed by atoms with Crippen LogP contribution in [0.4, 0.5) is 5.69 Å². The molecule has 2 aromatic heterocycles. The standard InChI is InChI=1S/C30H41N7O/c1-5-25-20-37(27-17-29(38)33(4)28-21-35(16-13-31)32-30(27)28)26(6-2)19-36(25)22(3)24-11-9-23(10-12-24)18-34-14-7-8-15-34/h9-12,17,21-22,25-26H,5-8,14-16,18-20H2,1-4H3/t22?,25-,26+/m1/s1. The summed E-state index contributed by atoms with van der Waals surface area (Å²) in [5, 5.41) is 13.9. The minimum absolute atomic E-state index is 0.0447. The van der Waals surface area contributed by atoms with Gasteiger partial charge in [-0.3, -0.25) is 19.3 Å². The summed E-state index contributed by atoms with van der Waals surface area (Å²) < 4.78 is 3.27. The topological polar surface area (TPSA) is 73.3 Å². The largest absolute Gasteiger partial charge is 0.364 e. The maximum Gasteiger partial charge on any atom is 0.252 e. The molecule has 8 heteroatoms. The molecule has 2 saturated heterocycles. The first-order chi connectivity index (χ1) is 18.4. The van der Waals surface area contributed by atoms with Gasteiger partial charge in [-0.15, -0.1) is 0 Å². The molecule has 38 heavy (non-hydrogen) atoms. The second-order valence-corrected chi connectivity index (χ2v) is 11.0. The summed E-state index contributed by atoms with van der Waals surface area (Å²) in [5.74, 6) is 0. The van der Waals surface area contributed by atoms with Crippen LogP contribution in [0.1, 0.15) is 63.6 Å². The van der Waals surface area contributed by atoms with E-state index in [1.165, 1.54) is 37.1 Å². The lowest BCUT2D eigenvalue weighted by Gasteiger charge is -2.49. The van der Waals surface area contributed by atoms with Crippen LogP contribution in [0, 0.1) is 11.3 Å². The van der Waals surface area contributed by atoms with Gasteiger partial charge >= 0.3 is 0 Å². The molecule has 8 nitrogen and oxygen atoms in total. The zero-order valence-electron chi connectivity index (χ0n) is 23.3. The van der Waals surface area contributed by atoms with Crippen LogP contribution in [-0.4, -0.2) is 62.4 Å². The number of benzene rings is 1. The molecule has 0 saturated carbocycles. The number of likely N-dealkylation sites (tertiary alicyclic amines) is 1. The molecule has 4 heterocycles. The third-order valence-corrected chi connectivity index (χ3v) is 8.73. The van der Waals surface area contributed by atoms with Crippen molar-refractivity contribution in [3.63, 3.8) is 0 Å². The molecule has 2 fully saturated rings. The smallest absolute Gasteiger partial charge is 0.252 e. The highest BCUT2D eigenvalue weighted by Crippen LogP contribution is 2.34. The van der Waals surface area contributed by atoms with Crippen molar-refractivity contribution in [1.29, 1.82) is 5.26 Å². The predicted molar refractivity (Wildman–Crippen MR) is 152 cm³/mol. The lowest BCUT2D eigenvalue weighted by molar-refractivity contribution is 0.101. The Hall–Kier alpha value is -3.15. The van der Waals surface area contributed by atoms with Crippen LogP contribution < -0.4 is 10.5 Å². The monoisotopic (exact) mass is 515 g/mol. The van der Waals surface area contributed by atoms with E-state index in [0.29, 0.717) is 12.1 Å². The number of nitrogens with zero attached hydrogens (tertiary/aromatic N) is 7. The van der Waals surface area contributed by atoms with Gasteiger partial charge in [-0.25, -0.2) is 0 Å². The first-order valence-corrected chi connectivity index (χ1v) is 14.2. The Morgan fingerprint density at radius 3 is 2.45 bits per heavy atom. The van der Waals surface area contributed by atoms with Crippen molar-refractivity contribution in [3.8, 4) is 6.07 Å². The molecule has 2 aliphatic heterocycles. The number of nitriles is 1. The highest BCUT2D eigenvalue weighted by atomic mass is 16.1. The van der Waals surface area contributed by atoms with Crippen LogP contribution in [0.25, 0.3) is 11.0 Å². The highest BCUT2D eigenvalue weighted by Gasteiger charge is 2.36. The summed E-state index contributed by atoms with van der Waals surface area (Å²) in [5.41, 5.74) is 5.18. The first kappa shape index (κ1) is 26.5. The van der Waals surface area contributed by atoms with Crippen LogP contribution in [0.15, 0.2) is 41.3 Å². The fourth-order valence-electron chi connectivity index (χ4n) is 6.36. The molecular formula is C30H41N7O. The van der Waals surface area contributed by atoms with Gasteiger partial charge in [0.1, 0.15) is 12.1 Å². The molecule has 0 amide bonds. The fourth-order valence-corrected chi connectivity index (χ4v) is 6.36. The molecule has 202 valence electrons. The van der Waals surface area contributed by atoms with Crippen molar-refractivity contribution in [1.82, 2.24) is 24.1 Å². The highest BCUT2D eigenvalue weighted by molar-refractivity contribution is 5.88. The summed E-state index contributed by atoms with van der Waals surface area (Å²) >= 11 is 0. The lowest BCUT2D eigenvalue weighted by atomic mass is 9.96. The summed E-state index contributed by atoms with van der Waals surface area (Å²) in [6, 6.07) is 14.1. The molecule has 0 N–H and O–H groups in total. The number of rotatable bonds is 8. The second kappa shape index (κ2) is 11.3. The third-order valence-electron chi connectivity index (χ3n) is 8.73. The van der Waals surface area contributed by atoms with E-state index in [2.05, 4.69) is 65.8 Å². The van der Waals surface area contributed by atoms with Crippen LogP contribution in [-0.2, 0) is 20.1 Å². The van der Waals surface area contributed by atoms with E-state index in [1.54, 1.807) is 22.4 Å². The summed E-state index contributed by atoms with van der Waals surface area (Å²) in [6.07, 6.45) is 6.46. The van der Waals surface area contributed by atoms with Crippen molar-refractivity contribution >= 4 is 16.7 Å². The zero-order valence-corrected chi connectivity index (χ0v) is 23.3. The average Bonchev–Trinajstić information content (AvgIpc) is 3.60. The van der Waals surface area contributed by atoms with Gasteiger partial charge in [0, 0.05) is 50.9 Å². The van der Waals surface area contributed by atoms with Gasteiger partial charge in [-0.1, -0.05) is 38.1 Å². The number of aromatic nitrogens is 3. The van der Waals surface area contributed by atoms with Gasteiger partial charge < -0.3 is 9.47 Å². The van der Waals surface area contributed by atoms with Crippen molar-refractivity contribution in [2.75, 3.05) is 31.1 Å².